The summed E-state index contributed by atoms with van der Waals surface area (Å²) in [4.78, 5) is 25.0. The molecular weight excluding hydrogens is 388 g/mol. The largest absolute Gasteiger partial charge is 0.479 e. The molecule has 0 aliphatic rings. The van der Waals surface area contributed by atoms with Crippen LogP contribution in [0.4, 0.5) is 0 Å². The van der Waals surface area contributed by atoms with Crippen LogP contribution in [0.3, 0.4) is 0 Å². The van der Waals surface area contributed by atoms with Crippen LogP contribution in [0.2, 0.25) is 0 Å². The number of thiophene rings is 1. The summed E-state index contributed by atoms with van der Waals surface area (Å²) in [6, 6.07) is 7.95. The number of thiocarbonyl (C=S) groups is 1. The summed E-state index contributed by atoms with van der Waals surface area (Å²) < 4.78 is 12.0. The predicted molar refractivity (Wildman–Crippen MR) is 112 cm³/mol. The number of ether oxygens (including phenoxy) is 2. The average Bonchev–Trinajstić information content (AvgIpc) is 2.93. The lowest BCUT2D eigenvalue weighted by atomic mass is 10.0. The minimum atomic E-state index is -0.344. The standard InChI is InChI=1S/C19H22O4S3/c1-4-22-19(24)26-14(11-23-13(3)20)9-10-16(21)18-12(2)25-17-8-6-5-7-15(17)18/h5-8,14H,4,9-11H2,1-3H3. The lowest BCUT2D eigenvalue weighted by molar-refractivity contribution is -0.140. The molecule has 1 heterocycles. The van der Waals surface area contributed by atoms with Gasteiger partial charge in [0.2, 0.25) is 4.38 Å². The van der Waals surface area contributed by atoms with Gasteiger partial charge in [0.1, 0.15) is 6.61 Å². The molecule has 2 aromatic rings. The molecule has 2 rings (SSSR count). The van der Waals surface area contributed by atoms with E-state index in [1.54, 1.807) is 11.3 Å². The van der Waals surface area contributed by atoms with E-state index < -0.39 is 0 Å². The van der Waals surface area contributed by atoms with E-state index in [-0.39, 0.29) is 23.6 Å². The highest BCUT2D eigenvalue weighted by atomic mass is 32.2. The van der Waals surface area contributed by atoms with Gasteiger partial charge in [0, 0.05) is 39.1 Å². The van der Waals surface area contributed by atoms with Crippen LogP contribution in [0.15, 0.2) is 24.3 Å². The Labute approximate surface area is 167 Å². The summed E-state index contributed by atoms with van der Waals surface area (Å²) in [5, 5.41) is 0.904. The monoisotopic (exact) mass is 410 g/mol. The Morgan fingerprint density at radius 1 is 1.27 bits per heavy atom. The van der Waals surface area contributed by atoms with E-state index in [0.717, 1.165) is 20.5 Å². The van der Waals surface area contributed by atoms with Crippen molar-refractivity contribution in [1.29, 1.82) is 0 Å². The van der Waals surface area contributed by atoms with Crippen molar-refractivity contribution < 1.29 is 19.1 Å². The van der Waals surface area contributed by atoms with Gasteiger partial charge >= 0.3 is 5.97 Å². The van der Waals surface area contributed by atoms with Crippen molar-refractivity contribution in [3.05, 3.63) is 34.7 Å². The second-order valence-electron chi connectivity index (χ2n) is 5.72. The highest BCUT2D eigenvalue weighted by Crippen LogP contribution is 2.32. The molecule has 140 valence electrons. The number of hydrogen-bond acceptors (Lipinski definition) is 7. The smallest absolute Gasteiger partial charge is 0.302 e. The van der Waals surface area contributed by atoms with Crippen LogP contribution in [0.5, 0.6) is 0 Å². The summed E-state index contributed by atoms with van der Waals surface area (Å²) in [5.41, 5.74) is 0.800. The second kappa shape index (κ2) is 10.0. The Morgan fingerprint density at radius 2 is 2.00 bits per heavy atom. The average molecular weight is 411 g/mol. The van der Waals surface area contributed by atoms with Gasteiger partial charge in [-0.1, -0.05) is 30.0 Å². The summed E-state index contributed by atoms with van der Waals surface area (Å²) in [5.74, 6) is -0.236. The van der Waals surface area contributed by atoms with E-state index in [2.05, 4.69) is 0 Å². The molecule has 0 N–H and O–H groups in total. The van der Waals surface area contributed by atoms with Crippen LogP contribution < -0.4 is 0 Å². The molecule has 4 nitrogen and oxygen atoms in total. The minimum Gasteiger partial charge on any atom is -0.479 e. The maximum Gasteiger partial charge on any atom is 0.302 e. The third-order valence-electron chi connectivity index (χ3n) is 3.74. The molecule has 0 saturated heterocycles. The fourth-order valence-electron chi connectivity index (χ4n) is 2.61. The summed E-state index contributed by atoms with van der Waals surface area (Å²) in [6.07, 6.45) is 0.933. The van der Waals surface area contributed by atoms with Crippen LogP contribution in [-0.4, -0.2) is 34.6 Å². The quantitative estimate of drug-likeness (QED) is 0.340. The van der Waals surface area contributed by atoms with Gasteiger partial charge in [-0.25, -0.2) is 0 Å². The molecule has 26 heavy (non-hydrogen) atoms. The van der Waals surface area contributed by atoms with Gasteiger partial charge in [0.25, 0.3) is 0 Å². The molecule has 1 unspecified atom stereocenters. The Morgan fingerprint density at radius 3 is 2.69 bits per heavy atom. The molecule has 1 aromatic carbocycles. The van der Waals surface area contributed by atoms with Crippen molar-refractivity contribution in [3.8, 4) is 0 Å². The maximum absolute atomic E-state index is 12.8. The van der Waals surface area contributed by atoms with Gasteiger partial charge in [-0.3, -0.25) is 9.59 Å². The van der Waals surface area contributed by atoms with Gasteiger partial charge in [-0.15, -0.1) is 11.3 Å². The number of fused-ring (bicyclic) bond motifs is 1. The molecule has 0 radical (unpaired) electrons. The van der Waals surface area contributed by atoms with E-state index >= 15 is 0 Å². The van der Waals surface area contributed by atoms with E-state index in [0.29, 0.717) is 23.8 Å². The molecule has 7 heteroatoms. The van der Waals surface area contributed by atoms with Crippen molar-refractivity contribution in [3.63, 3.8) is 0 Å². The first-order valence-electron chi connectivity index (χ1n) is 8.40. The number of thioether (sulfide) groups is 1. The van der Waals surface area contributed by atoms with Gasteiger partial charge in [0.15, 0.2) is 5.78 Å². The summed E-state index contributed by atoms with van der Waals surface area (Å²) >= 11 is 8.15. The number of ketones is 1. The van der Waals surface area contributed by atoms with Crippen molar-refractivity contribution in [1.82, 2.24) is 0 Å². The molecule has 0 fully saturated rings. The van der Waals surface area contributed by atoms with Crippen LogP contribution in [-0.2, 0) is 14.3 Å². The zero-order valence-corrected chi connectivity index (χ0v) is 17.5. The number of Topliss-reactive ketones (excluding diaryl/α,β-unsaturated/α-hetero) is 1. The molecule has 0 spiro atoms. The number of hydrogen-bond donors (Lipinski definition) is 0. The van der Waals surface area contributed by atoms with Gasteiger partial charge in [-0.05, 0) is 38.6 Å². The SMILES string of the molecule is CCOC(=S)SC(CCC(=O)c1c(C)sc2ccccc12)COC(C)=O. The third-order valence-corrected chi connectivity index (χ3v) is 6.25. The van der Waals surface area contributed by atoms with Crippen LogP contribution >= 0.6 is 35.3 Å². The van der Waals surface area contributed by atoms with Crippen LogP contribution in [0, 0.1) is 6.92 Å². The highest BCUT2D eigenvalue weighted by molar-refractivity contribution is 8.23. The number of carbonyl (C=O) groups is 2. The minimum absolute atomic E-state index is 0.105. The number of aryl methyl sites for hydroxylation is 1. The molecule has 0 amide bonds. The fourth-order valence-corrected chi connectivity index (χ4v) is 5.04. The van der Waals surface area contributed by atoms with Gasteiger partial charge in [-0.2, -0.15) is 0 Å². The molecule has 0 aliphatic carbocycles. The molecule has 0 saturated carbocycles. The normalized spacial score (nSPS) is 12.0. The Balaban J connectivity index is 2.05. The summed E-state index contributed by atoms with van der Waals surface area (Å²) in [6.45, 7) is 5.92. The second-order valence-corrected chi connectivity index (χ2v) is 8.88. The highest BCUT2D eigenvalue weighted by Gasteiger charge is 2.20. The first kappa shape index (κ1) is 20.9. The molecular formula is C19H22O4S3. The fraction of sp³-hybridized carbons (Fsp3) is 0.421. The third kappa shape index (κ3) is 5.79. The maximum atomic E-state index is 12.8. The van der Waals surface area contributed by atoms with E-state index in [4.69, 9.17) is 21.7 Å². The van der Waals surface area contributed by atoms with Gasteiger partial charge in [0.05, 0.1) is 6.61 Å². The van der Waals surface area contributed by atoms with E-state index in [1.165, 1.54) is 18.7 Å². The van der Waals surface area contributed by atoms with Crippen LogP contribution in [0.1, 0.15) is 41.9 Å². The Hall–Kier alpha value is -1.44. The first-order chi connectivity index (χ1) is 12.4. The lowest BCUT2D eigenvalue weighted by Crippen LogP contribution is -2.18. The molecule has 0 bridgehead atoms. The summed E-state index contributed by atoms with van der Waals surface area (Å²) in [7, 11) is 0. The van der Waals surface area contributed by atoms with E-state index in [9.17, 15) is 9.59 Å². The number of esters is 1. The predicted octanol–water partition coefficient (Wildman–Crippen LogP) is 5.16. The number of carbonyl (C=O) groups excluding carboxylic acids is 2. The number of benzene rings is 1. The van der Waals surface area contributed by atoms with Crippen molar-refractivity contribution in [2.45, 2.75) is 38.9 Å². The topological polar surface area (TPSA) is 52.6 Å². The molecule has 1 atom stereocenters. The number of rotatable bonds is 8. The van der Waals surface area contributed by atoms with Gasteiger partial charge < -0.3 is 9.47 Å². The Kier molecular flexibility index (Phi) is 8.06. The van der Waals surface area contributed by atoms with Crippen molar-refractivity contribution in [2.24, 2.45) is 0 Å². The lowest BCUT2D eigenvalue weighted by Gasteiger charge is -2.16. The van der Waals surface area contributed by atoms with Crippen molar-refractivity contribution >= 4 is 61.5 Å². The van der Waals surface area contributed by atoms with Crippen LogP contribution in [0.25, 0.3) is 10.1 Å². The van der Waals surface area contributed by atoms with E-state index in [1.807, 2.05) is 38.1 Å². The first-order valence-corrected chi connectivity index (χ1v) is 10.5. The Bertz CT molecular complexity index is 797. The van der Waals surface area contributed by atoms with Crippen molar-refractivity contribution in [2.75, 3.05) is 13.2 Å². The zero-order valence-electron chi connectivity index (χ0n) is 15.1. The molecule has 1 aromatic heterocycles. The zero-order chi connectivity index (χ0) is 19.1. The molecule has 0 aliphatic heterocycles.